The molecule has 0 aliphatic rings. The van der Waals surface area contributed by atoms with Gasteiger partial charge in [-0.3, -0.25) is 14.3 Å². The zero-order valence-electron chi connectivity index (χ0n) is 11.4. The number of hydrogen-bond donors (Lipinski definition) is 2. The Morgan fingerprint density at radius 2 is 2.14 bits per heavy atom. The van der Waals surface area contributed by atoms with E-state index in [2.05, 4.69) is 15.0 Å². The van der Waals surface area contributed by atoms with Crippen LogP contribution in [-0.4, -0.2) is 48.7 Å². The molecule has 0 fully saturated rings. The van der Waals surface area contributed by atoms with E-state index in [4.69, 9.17) is 4.55 Å². The predicted molar refractivity (Wildman–Crippen MR) is 72.9 cm³/mol. The lowest BCUT2D eigenvalue weighted by molar-refractivity contribution is -0.145. The maximum Gasteiger partial charge on any atom is 0.328 e. The number of amides is 1. The Labute approximate surface area is 122 Å². The van der Waals surface area contributed by atoms with E-state index >= 15 is 0 Å². The van der Waals surface area contributed by atoms with Crippen LogP contribution in [0, 0.1) is 0 Å². The fraction of sp³-hybridized carbons (Fsp3) is 0.417. The van der Waals surface area contributed by atoms with Crippen LogP contribution in [0.1, 0.15) is 12.1 Å². The fourth-order valence-electron chi connectivity index (χ4n) is 1.57. The minimum atomic E-state index is -4.23. The summed E-state index contributed by atoms with van der Waals surface area (Å²) in [6.07, 6.45) is 1.19. The Morgan fingerprint density at radius 1 is 1.43 bits per heavy atom. The number of pyridine rings is 1. The van der Waals surface area contributed by atoms with E-state index in [1.54, 1.807) is 18.2 Å². The van der Waals surface area contributed by atoms with Crippen LogP contribution in [-0.2, 0) is 30.9 Å². The molecule has 9 heteroatoms. The van der Waals surface area contributed by atoms with Crippen LogP contribution >= 0.6 is 0 Å². The topological polar surface area (TPSA) is 123 Å². The van der Waals surface area contributed by atoms with Gasteiger partial charge in [0.15, 0.2) is 0 Å². The number of carbonyl (C=O) groups excluding carboxylic acids is 2. The Balaban J connectivity index is 2.63. The third-order valence-corrected chi connectivity index (χ3v) is 3.30. The monoisotopic (exact) mass is 316 g/mol. The Kier molecular flexibility index (Phi) is 6.25. The Morgan fingerprint density at radius 3 is 2.67 bits per heavy atom. The molecule has 0 spiro atoms. The summed E-state index contributed by atoms with van der Waals surface area (Å²) >= 11 is 0. The molecule has 0 saturated heterocycles. The quantitative estimate of drug-likeness (QED) is 0.516. The number of ether oxygens (including phenoxy) is 1. The van der Waals surface area contributed by atoms with Crippen molar-refractivity contribution in [3.05, 3.63) is 30.1 Å². The molecule has 0 unspecified atom stereocenters. The van der Waals surface area contributed by atoms with Crippen molar-refractivity contribution < 1.29 is 27.3 Å². The van der Waals surface area contributed by atoms with Gasteiger partial charge >= 0.3 is 5.97 Å². The first-order chi connectivity index (χ1) is 9.81. The number of nitrogens with zero attached hydrogens (tertiary/aromatic N) is 1. The van der Waals surface area contributed by atoms with Crippen LogP contribution in [0.5, 0.6) is 0 Å². The highest BCUT2D eigenvalue weighted by Crippen LogP contribution is 2.01. The molecule has 0 aliphatic carbocycles. The summed E-state index contributed by atoms with van der Waals surface area (Å²) in [7, 11) is -3.11. The molecular weight excluding hydrogens is 300 g/mol. The lowest BCUT2D eigenvalue weighted by Crippen LogP contribution is -2.43. The van der Waals surface area contributed by atoms with Gasteiger partial charge in [0.2, 0.25) is 5.91 Å². The van der Waals surface area contributed by atoms with E-state index in [0.29, 0.717) is 5.69 Å². The first-order valence-corrected chi connectivity index (χ1v) is 7.65. The second-order valence-electron chi connectivity index (χ2n) is 4.22. The number of aromatic nitrogens is 1. The molecule has 1 atom stereocenters. The minimum Gasteiger partial charge on any atom is -0.467 e. The van der Waals surface area contributed by atoms with Crippen LogP contribution in [0.2, 0.25) is 0 Å². The number of rotatable bonds is 7. The maximum atomic E-state index is 11.8. The molecule has 0 aromatic carbocycles. The molecule has 116 valence electrons. The van der Waals surface area contributed by atoms with Gasteiger partial charge in [-0.1, -0.05) is 6.07 Å². The van der Waals surface area contributed by atoms with E-state index in [1.807, 2.05) is 0 Å². The van der Waals surface area contributed by atoms with E-state index in [0.717, 1.165) is 7.11 Å². The van der Waals surface area contributed by atoms with Gasteiger partial charge in [-0.2, -0.15) is 8.42 Å². The first kappa shape index (κ1) is 17.1. The van der Waals surface area contributed by atoms with Crippen molar-refractivity contribution >= 4 is 22.0 Å². The fourth-order valence-corrected chi connectivity index (χ4v) is 2.10. The molecule has 1 aromatic heterocycles. The van der Waals surface area contributed by atoms with Crippen molar-refractivity contribution in [3.63, 3.8) is 0 Å². The number of nitrogens with one attached hydrogen (secondary N) is 1. The molecule has 0 radical (unpaired) electrons. The summed E-state index contributed by atoms with van der Waals surface area (Å²) < 4.78 is 34.6. The van der Waals surface area contributed by atoms with Crippen molar-refractivity contribution in [2.75, 3.05) is 12.9 Å². The number of carbonyl (C=O) groups is 2. The minimum absolute atomic E-state index is 0.0553. The van der Waals surface area contributed by atoms with Crippen molar-refractivity contribution in [1.82, 2.24) is 10.3 Å². The average molecular weight is 316 g/mol. The van der Waals surface area contributed by atoms with Crippen LogP contribution in [0.3, 0.4) is 0 Å². The lowest BCUT2D eigenvalue weighted by Gasteiger charge is -2.15. The lowest BCUT2D eigenvalue weighted by atomic mass is 10.2. The standard InChI is InChI=1S/C12H16N2O6S/c1-20-12(16)10(5-7-21(17,18)19)14-11(15)8-9-4-2-3-6-13-9/h2-4,6,10H,5,7-8H2,1H3,(H,14,15)(H,17,18,19)/t10-/m0/s1. The Bertz CT molecular complexity index is 587. The summed E-state index contributed by atoms with van der Waals surface area (Å²) in [5.74, 6) is -1.94. The molecule has 8 nitrogen and oxygen atoms in total. The van der Waals surface area contributed by atoms with Gasteiger partial charge in [-0.25, -0.2) is 4.79 Å². The molecule has 2 N–H and O–H groups in total. The van der Waals surface area contributed by atoms with E-state index < -0.39 is 33.8 Å². The van der Waals surface area contributed by atoms with Gasteiger partial charge < -0.3 is 10.1 Å². The first-order valence-electron chi connectivity index (χ1n) is 6.04. The third-order valence-electron chi connectivity index (χ3n) is 2.55. The summed E-state index contributed by atoms with van der Waals surface area (Å²) in [6.45, 7) is 0. The highest BCUT2D eigenvalue weighted by molar-refractivity contribution is 7.85. The van der Waals surface area contributed by atoms with Crippen molar-refractivity contribution in [2.24, 2.45) is 0 Å². The van der Waals surface area contributed by atoms with Crippen molar-refractivity contribution in [3.8, 4) is 0 Å². The predicted octanol–water partition coefficient (Wildman–Crippen LogP) is -0.440. The van der Waals surface area contributed by atoms with E-state index in [9.17, 15) is 18.0 Å². The maximum absolute atomic E-state index is 11.8. The second-order valence-corrected chi connectivity index (χ2v) is 5.79. The highest BCUT2D eigenvalue weighted by Gasteiger charge is 2.23. The zero-order chi connectivity index (χ0) is 15.9. The summed E-state index contributed by atoms with van der Waals surface area (Å²) in [5, 5.41) is 2.36. The van der Waals surface area contributed by atoms with Crippen LogP contribution in [0.25, 0.3) is 0 Å². The van der Waals surface area contributed by atoms with Gasteiger partial charge in [0, 0.05) is 11.9 Å². The Hall–Kier alpha value is -2.00. The second kappa shape index (κ2) is 7.70. The summed E-state index contributed by atoms with van der Waals surface area (Å²) in [6, 6.07) is 3.91. The van der Waals surface area contributed by atoms with Crippen LogP contribution < -0.4 is 5.32 Å². The van der Waals surface area contributed by atoms with E-state index in [-0.39, 0.29) is 12.8 Å². The van der Waals surface area contributed by atoms with Crippen molar-refractivity contribution in [1.29, 1.82) is 0 Å². The zero-order valence-corrected chi connectivity index (χ0v) is 12.2. The van der Waals surface area contributed by atoms with Gasteiger partial charge in [-0.15, -0.1) is 0 Å². The number of esters is 1. The van der Waals surface area contributed by atoms with Crippen molar-refractivity contribution in [2.45, 2.75) is 18.9 Å². The molecule has 21 heavy (non-hydrogen) atoms. The number of methoxy groups -OCH3 is 1. The van der Waals surface area contributed by atoms with Crippen LogP contribution in [0.15, 0.2) is 24.4 Å². The van der Waals surface area contributed by atoms with Gasteiger partial charge in [0.1, 0.15) is 6.04 Å². The summed E-state index contributed by atoms with van der Waals surface area (Å²) in [5.41, 5.74) is 0.508. The smallest absolute Gasteiger partial charge is 0.328 e. The molecule has 0 bridgehead atoms. The largest absolute Gasteiger partial charge is 0.467 e. The molecule has 1 heterocycles. The molecular formula is C12H16N2O6S. The molecule has 0 aliphatic heterocycles. The molecule has 1 aromatic rings. The van der Waals surface area contributed by atoms with Gasteiger partial charge in [0.05, 0.1) is 19.3 Å². The number of hydrogen-bond acceptors (Lipinski definition) is 6. The molecule has 0 saturated carbocycles. The highest BCUT2D eigenvalue weighted by atomic mass is 32.2. The summed E-state index contributed by atoms with van der Waals surface area (Å²) in [4.78, 5) is 27.2. The average Bonchev–Trinajstić information content (AvgIpc) is 2.42. The normalized spacial score (nSPS) is 12.5. The molecule has 1 rings (SSSR count). The van der Waals surface area contributed by atoms with Crippen LogP contribution in [0.4, 0.5) is 0 Å². The van der Waals surface area contributed by atoms with E-state index in [1.165, 1.54) is 6.20 Å². The molecule has 1 amide bonds. The SMILES string of the molecule is COC(=O)[C@H](CCS(=O)(=O)O)NC(=O)Cc1ccccn1. The van der Waals surface area contributed by atoms with Gasteiger partial charge in [-0.05, 0) is 18.6 Å². The van der Waals surface area contributed by atoms with Gasteiger partial charge in [0.25, 0.3) is 10.1 Å². The third kappa shape index (κ3) is 6.82.